The van der Waals surface area contributed by atoms with Crippen LogP contribution in [0, 0.1) is 11.6 Å². The quantitative estimate of drug-likeness (QED) is 0.458. The van der Waals surface area contributed by atoms with Gasteiger partial charge in [-0.3, -0.25) is 19.7 Å². The molecule has 3 aromatic carbocycles. The van der Waals surface area contributed by atoms with Crippen LogP contribution in [-0.4, -0.2) is 28.9 Å². The molecule has 0 aromatic heterocycles. The van der Waals surface area contributed by atoms with Crippen LogP contribution in [0.4, 0.5) is 8.78 Å². The Labute approximate surface area is 189 Å². The standard InChI is InChI=1S/C25H22F2N2O4/c26-20-11-6-16(14-21(20)27)15-28-22(25(32)33)12-13-23(30)29-24(31)19-9-7-18(8-10-19)17-4-2-1-3-5-17/h1-11,14,22,28H,12-13,15H2,(H,32,33)(H,29,30,31)/t22-/m0/s1. The van der Waals surface area contributed by atoms with Crippen molar-refractivity contribution in [2.45, 2.75) is 25.4 Å². The highest BCUT2D eigenvalue weighted by Crippen LogP contribution is 2.19. The maximum absolute atomic E-state index is 13.3. The number of imide groups is 1. The Morgan fingerprint density at radius 1 is 0.848 bits per heavy atom. The number of halogens is 2. The van der Waals surface area contributed by atoms with E-state index in [1.807, 2.05) is 30.3 Å². The van der Waals surface area contributed by atoms with Gasteiger partial charge in [0.2, 0.25) is 5.91 Å². The smallest absolute Gasteiger partial charge is 0.320 e. The lowest BCUT2D eigenvalue weighted by atomic mass is 10.0. The second kappa shape index (κ2) is 11.1. The highest BCUT2D eigenvalue weighted by atomic mass is 19.2. The van der Waals surface area contributed by atoms with Crippen molar-refractivity contribution in [2.24, 2.45) is 0 Å². The molecule has 170 valence electrons. The van der Waals surface area contributed by atoms with Crippen LogP contribution in [0.2, 0.25) is 0 Å². The maximum atomic E-state index is 13.3. The molecule has 0 saturated heterocycles. The van der Waals surface area contributed by atoms with Crippen molar-refractivity contribution in [3.63, 3.8) is 0 Å². The van der Waals surface area contributed by atoms with Gasteiger partial charge in [0, 0.05) is 18.5 Å². The summed E-state index contributed by atoms with van der Waals surface area (Å²) in [5.74, 6) is -4.43. The van der Waals surface area contributed by atoms with Gasteiger partial charge in [0.25, 0.3) is 5.91 Å². The summed E-state index contributed by atoms with van der Waals surface area (Å²) in [6.07, 6.45) is -0.305. The first-order chi connectivity index (χ1) is 15.8. The summed E-state index contributed by atoms with van der Waals surface area (Å²) < 4.78 is 26.3. The van der Waals surface area contributed by atoms with E-state index in [1.54, 1.807) is 24.3 Å². The van der Waals surface area contributed by atoms with Crippen LogP contribution < -0.4 is 10.6 Å². The minimum atomic E-state index is -1.20. The van der Waals surface area contributed by atoms with Crippen LogP contribution in [-0.2, 0) is 16.1 Å². The zero-order chi connectivity index (χ0) is 23.8. The zero-order valence-electron chi connectivity index (χ0n) is 17.6. The molecule has 0 aliphatic rings. The third kappa shape index (κ3) is 6.78. The molecule has 0 saturated carbocycles. The number of carbonyl (C=O) groups is 3. The molecule has 1 atom stereocenters. The fourth-order valence-electron chi connectivity index (χ4n) is 3.18. The Kier molecular flexibility index (Phi) is 7.99. The molecule has 0 aliphatic carbocycles. The summed E-state index contributed by atoms with van der Waals surface area (Å²) in [5.41, 5.74) is 2.58. The number of nitrogens with one attached hydrogen (secondary N) is 2. The number of hydrogen-bond donors (Lipinski definition) is 3. The zero-order valence-corrected chi connectivity index (χ0v) is 17.6. The highest BCUT2D eigenvalue weighted by molar-refractivity contribution is 6.04. The molecule has 0 radical (unpaired) electrons. The van der Waals surface area contributed by atoms with E-state index in [9.17, 15) is 28.3 Å². The van der Waals surface area contributed by atoms with E-state index in [0.717, 1.165) is 23.3 Å². The van der Waals surface area contributed by atoms with E-state index in [4.69, 9.17) is 0 Å². The van der Waals surface area contributed by atoms with Gasteiger partial charge in [-0.1, -0.05) is 48.5 Å². The van der Waals surface area contributed by atoms with E-state index < -0.39 is 35.5 Å². The molecule has 0 aliphatic heterocycles. The minimum absolute atomic E-state index is 0.0253. The van der Waals surface area contributed by atoms with Crippen molar-refractivity contribution >= 4 is 17.8 Å². The van der Waals surface area contributed by atoms with Gasteiger partial charge >= 0.3 is 5.97 Å². The Morgan fingerprint density at radius 2 is 1.52 bits per heavy atom. The number of carbonyl (C=O) groups excluding carboxylic acids is 2. The molecule has 3 aromatic rings. The first-order valence-electron chi connectivity index (χ1n) is 10.2. The number of aliphatic carboxylic acids is 1. The Bertz CT molecular complexity index is 1130. The lowest BCUT2D eigenvalue weighted by molar-refractivity contribution is -0.139. The van der Waals surface area contributed by atoms with Crippen molar-refractivity contribution in [1.82, 2.24) is 10.6 Å². The third-order valence-corrected chi connectivity index (χ3v) is 5.00. The van der Waals surface area contributed by atoms with Gasteiger partial charge in [0.1, 0.15) is 6.04 Å². The van der Waals surface area contributed by atoms with E-state index >= 15 is 0 Å². The summed E-state index contributed by atoms with van der Waals surface area (Å²) in [4.78, 5) is 35.9. The van der Waals surface area contributed by atoms with Gasteiger partial charge in [0.05, 0.1) is 0 Å². The Hall–Kier alpha value is -3.91. The topological polar surface area (TPSA) is 95.5 Å². The Balaban J connectivity index is 1.50. The molecule has 3 N–H and O–H groups in total. The normalized spacial score (nSPS) is 11.6. The number of carboxylic acid groups (broad SMARTS) is 1. The van der Waals surface area contributed by atoms with E-state index in [2.05, 4.69) is 10.6 Å². The average Bonchev–Trinajstić information content (AvgIpc) is 2.81. The lowest BCUT2D eigenvalue weighted by Crippen LogP contribution is -2.38. The van der Waals surface area contributed by atoms with Crippen molar-refractivity contribution in [2.75, 3.05) is 0 Å². The average molecular weight is 452 g/mol. The summed E-state index contributed by atoms with van der Waals surface area (Å²) in [7, 11) is 0. The van der Waals surface area contributed by atoms with Crippen molar-refractivity contribution < 1.29 is 28.3 Å². The van der Waals surface area contributed by atoms with E-state index in [-0.39, 0.29) is 19.4 Å². The number of rotatable bonds is 9. The van der Waals surface area contributed by atoms with Crippen molar-refractivity contribution in [1.29, 1.82) is 0 Å². The third-order valence-electron chi connectivity index (χ3n) is 5.00. The van der Waals surface area contributed by atoms with Gasteiger partial charge in [-0.25, -0.2) is 8.78 Å². The number of amides is 2. The minimum Gasteiger partial charge on any atom is -0.480 e. The van der Waals surface area contributed by atoms with Crippen LogP contribution in [0.3, 0.4) is 0 Å². The SMILES string of the molecule is O=C(CC[C@H](NCc1ccc(F)c(F)c1)C(=O)O)NC(=O)c1ccc(-c2ccccc2)cc1. The van der Waals surface area contributed by atoms with Gasteiger partial charge in [-0.05, 0) is 47.4 Å². The second-order valence-corrected chi connectivity index (χ2v) is 7.38. The molecule has 2 amide bonds. The molecule has 0 spiro atoms. The molecular formula is C25H22F2N2O4. The van der Waals surface area contributed by atoms with Crippen LogP contribution in [0.15, 0.2) is 72.8 Å². The summed E-state index contributed by atoms with van der Waals surface area (Å²) in [6, 6.07) is 18.5. The lowest BCUT2D eigenvalue weighted by Gasteiger charge is -2.14. The molecule has 6 nitrogen and oxygen atoms in total. The predicted octanol–water partition coefficient (Wildman–Crippen LogP) is 3.91. The highest BCUT2D eigenvalue weighted by Gasteiger charge is 2.19. The maximum Gasteiger partial charge on any atom is 0.320 e. The fourth-order valence-corrected chi connectivity index (χ4v) is 3.18. The predicted molar refractivity (Wildman–Crippen MR) is 118 cm³/mol. The molecule has 0 fully saturated rings. The molecule has 0 bridgehead atoms. The monoisotopic (exact) mass is 452 g/mol. The first-order valence-corrected chi connectivity index (χ1v) is 10.2. The van der Waals surface area contributed by atoms with Crippen molar-refractivity contribution in [3.05, 3.63) is 95.6 Å². The van der Waals surface area contributed by atoms with Crippen LogP contribution >= 0.6 is 0 Å². The number of benzene rings is 3. The molecule has 33 heavy (non-hydrogen) atoms. The molecule has 0 heterocycles. The number of hydrogen-bond acceptors (Lipinski definition) is 4. The fraction of sp³-hybridized carbons (Fsp3) is 0.160. The van der Waals surface area contributed by atoms with Crippen LogP contribution in [0.1, 0.15) is 28.8 Å². The van der Waals surface area contributed by atoms with Gasteiger partial charge < -0.3 is 10.4 Å². The van der Waals surface area contributed by atoms with Crippen molar-refractivity contribution in [3.8, 4) is 11.1 Å². The van der Waals surface area contributed by atoms with E-state index in [1.165, 1.54) is 6.07 Å². The van der Waals surface area contributed by atoms with Gasteiger partial charge in [-0.2, -0.15) is 0 Å². The number of carboxylic acids is 1. The Morgan fingerprint density at radius 3 is 2.15 bits per heavy atom. The van der Waals surface area contributed by atoms with E-state index in [0.29, 0.717) is 11.1 Å². The molecular weight excluding hydrogens is 430 g/mol. The molecule has 3 rings (SSSR count). The summed E-state index contributed by atoms with van der Waals surface area (Å²) >= 11 is 0. The summed E-state index contributed by atoms with van der Waals surface area (Å²) in [6.45, 7) is -0.0253. The molecule has 0 unspecified atom stereocenters. The first kappa shape index (κ1) is 23.7. The largest absolute Gasteiger partial charge is 0.480 e. The molecule has 8 heteroatoms. The second-order valence-electron chi connectivity index (χ2n) is 7.38. The van der Waals surface area contributed by atoms with Gasteiger partial charge in [-0.15, -0.1) is 0 Å². The van der Waals surface area contributed by atoms with Crippen LogP contribution in [0.25, 0.3) is 11.1 Å². The van der Waals surface area contributed by atoms with Crippen LogP contribution in [0.5, 0.6) is 0 Å². The summed E-state index contributed by atoms with van der Waals surface area (Å²) in [5, 5.41) is 14.3. The van der Waals surface area contributed by atoms with Gasteiger partial charge in [0.15, 0.2) is 11.6 Å².